The van der Waals surface area contributed by atoms with E-state index in [4.69, 9.17) is 23.7 Å². The van der Waals surface area contributed by atoms with Gasteiger partial charge in [0.05, 0.1) is 13.2 Å². The van der Waals surface area contributed by atoms with Gasteiger partial charge in [-0.15, -0.1) is 0 Å². The van der Waals surface area contributed by atoms with Gasteiger partial charge in [0.25, 0.3) is 0 Å². The molecule has 0 radical (unpaired) electrons. The van der Waals surface area contributed by atoms with Crippen molar-refractivity contribution in [3.05, 3.63) is 59.2 Å². The molecule has 2 aromatic carbocycles. The molecular formula is C23H22O9. The number of fused-ring (bicyclic) bond motifs is 1. The Hall–Kier alpha value is -3.43. The number of esters is 3. The largest absolute Gasteiger partial charge is 0.507 e. The second kappa shape index (κ2) is 8.97. The number of phenolic OH excluding ortho intramolecular Hbond substituents is 1. The highest BCUT2D eigenvalue weighted by Gasteiger charge is 2.51. The van der Waals surface area contributed by atoms with E-state index in [1.165, 1.54) is 25.1 Å². The van der Waals surface area contributed by atoms with Crippen LogP contribution < -0.4 is 4.74 Å². The molecule has 9 heteroatoms. The van der Waals surface area contributed by atoms with E-state index in [9.17, 15) is 19.5 Å². The van der Waals surface area contributed by atoms with Gasteiger partial charge >= 0.3 is 17.9 Å². The number of hydrogen-bond donors (Lipinski definition) is 1. The second-order valence-corrected chi connectivity index (χ2v) is 7.54. The van der Waals surface area contributed by atoms with Crippen LogP contribution in [0.3, 0.4) is 0 Å². The molecule has 0 amide bonds. The van der Waals surface area contributed by atoms with Crippen molar-refractivity contribution in [2.75, 3.05) is 13.2 Å². The van der Waals surface area contributed by atoms with Crippen LogP contribution in [0, 0.1) is 6.92 Å². The molecule has 1 unspecified atom stereocenters. The Labute approximate surface area is 183 Å². The van der Waals surface area contributed by atoms with Gasteiger partial charge in [-0.05, 0) is 30.7 Å². The van der Waals surface area contributed by atoms with Crippen molar-refractivity contribution in [3.63, 3.8) is 0 Å². The molecule has 0 saturated carbocycles. The summed E-state index contributed by atoms with van der Waals surface area (Å²) < 4.78 is 27.5. The molecule has 4 rings (SSSR count). The van der Waals surface area contributed by atoms with Gasteiger partial charge in [0, 0.05) is 6.92 Å². The summed E-state index contributed by atoms with van der Waals surface area (Å²) in [7, 11) is 0. The first-order valence-electron chi connectivity index (χ1n) is 10.1. The van der Waals surface area contributed by atoms with Crippen molar-refractivity contribution in [2.24, 2.45) is 0 Å². The number of phenols is 1. The summed E-state index contributed by atoms with van der Waals surface area (Å²) in [5, 5.41) is 10.1. The van der Waals surface area contributed by atoms with Crippen molar-refractivity contribution in [1.29, 1.82) is 0 Å². The van der Waals surface area contributed by atoms with Crippen LogP contribution in [0.15, 0.2) is 42.5 Å². The average Bonchev–Trinajstić information content (AvgIpc) is 3.33. The number of benzene rings is 2. The fraction of sp³-hybridized carbons (Fsp3) is 0.348. The van der Waals surface area contributed by atoms with Crippen LogP contribution in [0.2, 0.25) is 0 Å². The third kappa shape index (κ3) is 4.30. The third-order valence-electron chi connectivity index (χ3n) is 5.30. The van der Waals surface area contributed by atoms with E-state index in [1.807, 2.05) is 0 Å². The Morgan fingerprint density at radius 1 is 0.875 bits per heavy atom. The fourth-order valence-electron chi connectivity index (χ4n) is 3.74. The second-order valence-electron chi connectivity index (χ2n) is 7.54. The minimum atomic E-state index is -0.728. The van der Waals surface area contributed by atoms with E-state index in [0.29, 0.717) is 5.56 Å². The van der Waals surface area contributed by atoms with Gasteiger partial charge in [0.1, 0.15) is 34.8 Å². The molecule has 2 aromatic rings. The Balaban J connectivity index is 1.40. The number of hydrogen-bond acceptors (Lipinski definition) is 9. The fourth-order valence-corrected chi connectivity index (χ4v) is 3.74. The summed E-state index contributed by atoms with van der Waals surface area (Å²) in [5.41, 5.74) is 0.705. The SMILES string of the molecule is CC(=O)Oc1ccccc1C(=O)OC1CO[C@H]2[C@@H]1OC[C@H]2OC(=O)c1cccc(C)c1O. The smallest absolute Gasteiger partial charge is 0.342 e. The molecule has 0 aliphatic carbocycles. The molecule has 2 fully saturated rings. The molecule has 2 heterocycles. The number of para-hydroxylation sites is 2. The highest BCUT2D eigenvalue weighted by atomic mass is 16.7. The Morgan fingerprint density at radius 2 is 1.44 bits per heavy atom. The van der Waals surface area contributed by atoms with Crippen LogP contribution in [0.25, 0.3) is 0 Å². The molecule has 32 heavy (non-hydrogen) atoms. The molecule has 9 nitrogen and oxygen atoms in total. The minimum Gasteiger partial charge on any atom is -0.507 e. The van der Waals surface area contributed by atoms with Crippen LogP contribution >= 0.6 is 0 Å². The predicted molar refractivity (Wildman–Crippen MR) is 108 cm³/mol. The highest BCUT2D eigenvalue weighted by molar-refractivity contribution is 5.94. The lowest BCUT2D eigenvalue weighted by Crippen LogP contribution is -2.36. The molecular weight excluding hydrogens is 420 g/mol. The van der Waals surface area contributed by atoms with Gasteiger partial charge in [0.2, 0.25) is 0 Å². The average molecular weight is 442 g/mol. The number of carbonyl (C=O) groups excluding carboxylic acids is 3. The van der Waals surface area contributed by atoms with Crippen LogP contribution in [0.5, 0.6) is 11.5 Å². The van der Waals surface area contributed by atoms with E-state index in [-0.39, 0.29) is 35.8 Å². The maximum absolute atomic E-state index is 12.7. The summed E-state index contributed by atoms with van der Waals surface area (Å²) in [5.74, 6) is -1.99. The number of rotatable bonds is 5. The van der Waals surface area contributed by atoms with E-state index in [2.05, 4.69) is 0 Å². The van der Waals surface area contributed by atoms with Gasteiger partial charge in [-0.3, -0.25) is 4.79 Å². The molecule has 4 atom stereocenters. The Kier molecular flexibility index (Phi) is 6.11. The van der Waals surface area contributed by atoms with Crippen LogP contribution in [0.1, 0.15) is 33.2 Å². The van der Waals surface area contributed by atoms with E-state index >= 15 is 0 Å². The van der Waals surface area contributed by atoms with Crippen molar-refractivity contribution < 1.29 is 43.2 Å². The van der Waals surface area contributed by atoms with Gasteiger partial charge in [-0.2, -0.15) is 0 Å². The maximum atomic E-state index is 12.7. The first kappa shape index (κ1) is 21.8. The molecule has 0 bridgehead atoms. The van der Waals surface area contributed by atoms with Crippen LogP contribution in [0.4, 0.5) is 0 Å². The quantitative estimate of drug-likeness (QED) is 0.549. The number of aryl methyl sites for hydroxylation is 1. The molecule has 0 spiro atoms. The van der Waals surface area contributed by atoms with E-state index < -0.39 is 42.3 Å². The monoisotopic (exact) mass is 442 g/mol. The van der Waals surface area contributed by atoms with E-state index in [1.54, 1.807) is 31.2 Å². The summed E-state index contributed by atoms with van der Waals surface area (Å²) in [6.07, 6.45) is -2.69. The summed E-state index contributed by atoms with van der Waals surface area (Å²) >= 11 is 0. The van der Waals surface area contributed by atoms with Gasteiger partial charge in [-0.1, -0.05) is 24.3 Å². The zero-order valence-corrected chi connectivity index (χ0v) is 17.5. The minimum absolute atomic E-state index is 0.0523. The van der Waals surface area contributed by atoms with Crippen LogP contribution in [-0.4, -0.2) is 60.6 Å². The number of carbonyl (C=O) groups is 3. The number of aromatic hydroxyl groups is 1. The molecule has 2 aliphatic rings. The van der Waals surface area contributed by atoms with Crippen molar-refractivity contribution >= 4 is 17.9 Å². The van der Waals surface area contributed by atoms with Gasteiger partial charge in [-0.25, -0.2) is 9.59 Å². The van der Waals surface area contributed by atoms with Crippen molar-refractivity contribution in [3.8, 4) is 11.5 Å². The zero-order chi connectivity index (χ0) is 22.8. The lowest BCUT2D eigenvalue weighted by Gasteiger charge is -2.18. The Morgan fingerprint density at radius 3 is 2.06 bits per heavy atom. The van der Waals surface area contributed by atoms with E-state index in [0.717, 1.165) is 0 Å². The summed E-state index contributed by atoms with van der Waals surface area (Å²) in [4.78, 5) is 36.5. The lowest BCUT2D eigenvalue weighted by molar-refractivity contribution is -0.131. The van der Waals surface area contributed by atoms with Gasteiger partial charge < -0.3 is 28.8 Å². The standard InChI is InChI=1S/C23H22O9/c1-12-6-5-8-15(19(12)25)23(27)32-18-11-29-20-17(10-28-21(18)20)31-22(26)14-7-3-4-9-16(14)30-13(2)24/h3-9,17-18,20-21,25H,10-11H2,1-2H3/t17?,18-,20-,21-/m1/s1. The first-order valence-corrected chi connectivity index (χ1v) is 10.1. The normalized spacial score (nSPS) is 23.9. The molecule has 2 saturated heterocycles. The topological polar surface area (TPSA) is 118 Å². The van der Waals surface area contributed by atoms with Gasteiger partial charge in [0.15, 0.2) is 12.2 Å². The first-order chi connectivity index (χ1) is 15.3. The molecule has 168 valence electrons. The van der Waals surface area contributed by atoms with Crippen LogP contribution in [-0.2, 0) is 23.7 Å². The predicted octanol–water partition coefficient (Wildman–Crippen LogP) is 2.17. The summed E-state index contributed by atoms with van der Waals surface area (Å²) in [6, 6.07) is 11.0. The highest BCUT2D eigenvalue weighted by Crippen LogP contribution is 2.33. The molecule has 2 aliphatic heterocycles. The van der Waals surface area contributed by atoms with Crippen molar-refractivity contribution in [2.45, 2.75) is 38.3 Å². The lowest BCUT2D eigenvalue weighted by atomic mass is 10.1. The molecule has 0 aromatic heterocycles. The van der Waals surface area contributed by atoms with Crippen molar-refractivity contribution in [1.82, 2.24) is 0 Å². The summed E-state index contributed by atoms with van der Waals surface area (Å²) in [6.45, 7) is 3.04. The third-order valence-corrected chi connectivity index (χ3v) is 5.30. The maximum Gasteiger partial charge on any atom is 0.342 e. The molecule has 1 N–H and O–H groups in total. The Bertz CT molecular complexity index is 1050. The number of ether oxygens (including phenoxy) is 5. The zero-order valence-electron chi connectivity index (χ0n) is 17.5.